The number of benzene rings is 1. The minimum atomic E-state index is 0. The van der Waals surface area contributed by atoms with Crippen molar-refractivity contribution in [2.45, 2.75) is 19.3 Å². The van der Waals surface area contributed by atoms with Crippen LogP contribution >= 0.6 is 0 Å². The number of hydrogen-bond acceptors (Lipinski definition) is 0. The molecule has 0 aliphatic heterocycles. The number of fused-ring (bicyclic) bond motifs is 1. The van der Waals surface area contributed by atoms with Gasteiger partial charge in [0.05, 0.1) is 0 Å². The van der Waals surface area contributed by atoms with Crippen LogP contribution < -0.4 is 34.0 Å². The van der Waals surface area contributed by atoms with Crippen LogP contribution in [-0.2, 0) is 21.7 Å². The van der Waals surface area contributed by atoms with Gasteiger partial charge in [-0.05, 0) is 0 Å². The molecule has 14 heavy (non-hydrogen) atoms. The Bertz CT molecular complexity index is 297. The molecule has 0 bridgehead atoms. The van der Waals surface area contributed by atoms with Crippen LogP contribution in [0.2, 0.25) is 0 Å². The second kappa shape index (κ2) is 7.87. The van der Waals surface area contributed by atoms with Crippen molar-refractivity contribution in [2.24, 2.45) is 0 Å². The molecule has 0 N–H and O–H groups in total. The van der Waals surface area contributed by atoms with Gasteiger partial charge in [-0.25, -0.2) is 6.08 Å². The van der Waals surface area contributed by atoms with Crippen molar-refractivity contribution < 1.29 is 55.7 Å². The number of allylic oxidation sites excluding steroid dienone is 1. The smallest absolute Gasteiger partial charge is 1.00 e. The average Bonchev–Trinajstić information content (AvgIpc) is 2.47. The van der Waals surface area contributed by atoms with Gasteiger partial charge in [0.25, 0.3) is 0 Å². The van der Waals surface area contributed by atoms with Crippen LogP contribution in [0.25, 0.3) is 6.08 Å². The van der Waals surface area contributed by atoms with Gasteiger partial charge in [-0.1, -0.05) is 37.5 Å². The molecular formula is C11H11Br2Ti. The zero-order chi connectivity index (χ0) is 7.68. The van der Waals surface area contributed by atoms with Crippen LogP contribution in [0, 0.1) is 6.08 Å². The summed E-state index contributed by atoms with van der Waals surface area (Å²) in [6.45, 7) is 2.20. The topological polar surface area (TPSA) is 0 Å². The summed E-state index contributed by atoms with van der Waals surface area (Å²) in [5.41, 5.74) is 2.79. The van der Waals surface area contributed by atoms with Crippen molar-refractivity contribution in [3.8, 4) is 0 Å². The van der Waals surface area contributed by atoms with E-state index < -0.39 is 0 Å². The Labute approximate surface area is 122 Å². The second-order valence-electron chi connectivity index (χ2n) is 2.90. The summed E-state index contributed by atoms with van der Waals surface area (Å²) in [6, 6.07) is 8.52. The molecule has 2 rings (SSSR count). The van der Waals surface area contributed by atoms with Gasteiger partial charge in [0.2, 0.25) is 0 Å². The van der Waals surface area contributed by atoms with Crippen LogP contribution in [0.15, 0.2) is 24.3 Å². The van der Waals surface area contributed by atoms with E-state index in [4.69, 9.17) is 0 Å². The predicted octanol–water partition coefficient (Wildman–Crippen LogP) is -2.98. The van der Waals surface area contributed by atoms with Crippen LogP contribution in [-0.4, -0.2) is 0 Å². The molecule has 0 heterocycles. The molecule has 1 atom stereocenters. The van der Waals surface area contributed by atoms with Gasteiger partial charge in [-0.15, -0.1) is 11.6 Å². The van der Waals surface area contributed by atoms with Crippen LogP contribution in [0.3, 0.4) is 0 Å². The third kappa shape index (κ3) is 3.34. The first-order chi connectivity index (χ1) is 5.42. The minimum Gasteiger partial charge on any atom is -1.00 e. The predicted molar refractivity (Wildman–Crippen MR) is 47.2 cm³/mol. The van der Waals surface area contributed by atoms with E-state index in [9.17, 15) is 0 Å². The zero-order valence-electron chi connectivity index (χ0n) is 7.93. The molecule has 0 aromatic heterocycles. The third-order valence-electron chi connectivity index (χ3n) is 2.22. The molecule has 1 aromatic rings. The summed E-state index contributed by atoms with van der Waals surface area (Å²) in [6.07, 6.45) is 6.61. The largest absolute Gasteiger partial charge is 3.00 e. The fourth-order valence-corrected chi connectivity index (χ4v) is 1.58. The molecule has 73 valence electrons. The number of rotatable bonds is 1. The summed E-state index contributed by atoms with van der Waals surface area (Å²) in [4.78, 5) is 0. The third-order valence-corrected chi connectivity index (χ3v) is 2.22. The van der Waals surface area contributed by atoms with Crippen molar-refractivity contribution in [2.75, 3.05) is 0 Å². The Balaban J connectivity index is 0. The molecule has 1 radical (unpaired) electrons. The van der Waals surface area contributed by atoms with E-state index in [1.807, 2.05) is 0 Å². The standard InChI is InChI=1S/C11H11.2BrH.Ti/c1-2-9-7-8-10-5-3-4-6-11(9)10;;;/h3-6,8-9H,2H2,1H3;2*1H;/q-1;;;+3/p-2. The summed E-state index contributed by atoms with van der Waals surface area (Å²) in [7, 11) is 0. The SMILES string of the molecule is CCC1[C-]=Cc2ccccc21.[Br-].[Br-].[Ti+3]. The fraction of sp³-hybridized carbons (Fsp3) is 0.273. The van der Waals surface area contributed by atoms with E-state index in [1.54, 1.807) is 0 Å². The van der Waals surface area contributed by atoms with E-state index >= 15 is 0 Å². The normalized spacial score (nSPS) is 15.9. The van der Waals surface area contributed by atoms with Gasteiger partial charge in [-0.2, -0.15) is 5.56 Å². The molecule has 0 nitrogen and oxygen atoms in total. The molecule has 0 fully saturated rings. The van der Waals surface area contributed by atoms with Crippen LogP contribution in [0.4, 0.5) is 0 Å². The monoisotopic (exact) mass is 349 g/mol. The average molecular weight is 351 g/mol. The van der Waals surface area contributed by atoms with Crippen LogP contribution in [0.1, 0.15) is 30.4 Å². The van der Waals surface area contributed by atoms with E-state index in [1.165, 1.54) is 11.1 Å². The quantitative estimate of drug-likeness (QED) is 0.374. The first-order valence-corrected chi connectivity index (χ1v) is 4.10. The summed E-state index contributed by atoms with van der Waals surface area (Å²) in [5.74, 6) is 0.547. The van der Waals surface area contributed by atoms with Gasteiger partial charge < -0.3 is 34.0 Å². The molecule has 1 unspecified atom stereocenters. The Morgan fingerprint density at radius 3 is 2.50 bits per heavy atom. The van der Waals surface area contributed by atoms with Gasteiger partial charge in [0.1, 0.15) is 0 Å². The van der Waals surface area contributed by atoms with Crippen molar-refractivity contribution in [1.82, 2.24) is 0 Å². The van der Waals surface area contributed by atoms with E-state index in [2.05, 4.69) is 43.3 Å². The summed E-state index contributed by atoms with van der Waals surface area (Å²) in [5, 5.41) is 0. The molecule has 3 heteroatoms. The molecule has 0 saturated carbocycles. The van der Waals surface area contributed by atoms with E-state index in [-0.39, 0.29) is 55.7 Å². The summed E-state index contributed by atoms with van der Waals surface area (Å²) < 4.78 is 0. The van der Waals surface area contributed by atoms with Gasteiger partial charge >= 0.3 is 21.7 Å². The minimum absolute atomic E-state index is 0. The van der Waals surface area contributed by atoms with E-state index in [0.717, 1.165) is 6.42 Å². The molecule has 1 aliphatic rings. The van der Waals surface area contributed by atoms with E-state index in [0.29, 0.717) is 5.92 Å². The second-order valence-corrected chi connectivity index (χ2v) is 2.90. The van der Waals surface area contributed by atoms with Crippen LogP contribution in [0.5, 0.6) is 0 Å². The van der Waals surface area contributed by atoms with Crippen molar-refractivity contribution in [1.29, 1.82) is 0 Å². The van der Waals surface area contributed by atoms with Gasteiger partial charge in [-0.3, -0.25) is 6.08 Å². The fourth-order valence-electron chi connectivity index (χ4n) is 1.58. The molecule has 0 saturated heterocycles. The van der Waals surface area contributed by atoms with Gasteiger partial charge in [0, 0.05) is 0 Å². The maximum atomic E-state index is 3.35. The Kier molecular flexibility index (Phi) is 9.57. The van der Waals surface area contributed by atoms with Crippen molar-refractivity contribution in [3.05, 3.63) is 41.5 Å². The maximum absolute atomic E-state index is 3.35. The summed E-state index contributed by atoms with van der Waals surface area (Å²) >= 11 is 0. The first-order valence-electron chi connectivity index (χ1n) is 4.10. The first kappa shape index (κ1) is 17.0. The number of hydrogen-bond donors (Lipinski definition) is 0. The molecular weight excluding hydrogens is 340 g/mol. The maximum Gasteiger partial charge on any atom is 3.00 e. The Morgan fingerprint density at radius 2 is 1.86 bits per heavy atom. The Morgan fingerprint density at radius 1 is 1.21 bits per heavy atom. The van der Waals surface area contributed by atoms with Gasteiger partial charge in [0.15, 0.2) is 0 Å². The molecule has 1 aliphatic carbocycles. The van der Waals surface area contributed by atoms with Crippen molar-refractivity contribution >= 4 is 6.08 Å². The molecule has 0 spiro atoms. The molecule has 1 aromatic carbocycles. The van der Waals surface area contributed by atoms with Crippen molar-refractivity contribution in [3.63, 3.8) is 0 Å². The number of halogens is 2. The molecule has 0 amide bonds. The Hall–Kier alpha value is 0.634. The zero-order valence-corrected chi connectivity index (χ0v) is 12.7.